The summed E-state index contributed by atoms with van der Waals surface area (Å²) in [6.07, 6.45) is 3.70. The Morgan fingerprint density at radius 2 is 2.24 bits per heavy atom. The van der Waals surface area contributed by atoms with E-state index in [-0.39, 0.29) is 10.9 Å². The van der Waals surface area contributed by atoms with Gasteiger partial charge in [-0.2, -0.15) is 4.31 Å². The summed E-state index contributed by atoms with van der Waals surface area (Å²) in [7, 11) is -0.239. The lowest BCUT2D eigenvalue weighted by Gasteiger charge is -2.28. The Bertz CT molecular complexity index is 573. The van der Waals surface area contributed by atoms with Gasteiger partial charge in [0.15, 0.2) is 0 Å². The lowest BCUT2D eigenvalue weighted by molar-refractivity contribution is 0.164. The molecule has 1 aromatic rings. The fourth-order valence-corrected chi connectivity index (χ4v) is 4.07. The number of anilines is 1. The fraction of sp³-hybridized carbons (Fsp3) is 0.643. The molecular weight excluding hydrogens is 290 g/mol. The number of ether oxygens (including phenoxy) is 1. The molecule has 6 nitrogen and oxygen atoms in total. The van der Waals surface area contributed by atoms with Gasteiger partial charge in [-0.3, -0.25) is 0 Å². The number of methoxy groups -OCH3 is 1. The zero-order chi connectivity index (χ0) is 15.5. The molecule has 1 atom stereocenters. The Morgan fingerprint density at radius 1 is 1.52 bits per heavy atom. The quantitative estimate of drug-likeness (QED) is 0.788. The summed E-state index contributed by atoms with van der Waals surface area (Å²) >= 11 is 0. The number of sulfonamides is 1. The topological polar surface area (TPSA) is 71.5 Å². The molecule has 1 aromatic heterocycles. The molecule has 1 heterocycles. The monoisotopic (exact) mass is 313 g/mol. The lowest BCUT2D eigenvalue weighted by atomic mass is 10.2. The van der Waals surface area contributed by atoms with Gasteiger partial charge in [-0.1, -0.05) is 0 Å². The van der Waals surface area contributed by atoms with Gasteiger partial charge in [0, 0.05) is 39.0 Å². The van der Waals surface area contributed by atoms with Crippen LogP contribution in [0.25, 0.3) is 0 Å². The maximum Gasteiger partial charge on any atom is 0.243 e. The van der Waals surface area contributed by atoms with Gasteiger partial charge >= 0.3 is 0 Å². The summed E-state index contributed by atoms with van der Waals surface area (Å²) in [5.74, 6) is 1.00. The van der Waals surface area contributed by atoms with Crippen LogP contribution >= 0.6 is 0 Å². The molecule has 7 heteroatoms. The van der Waals surface area contributed by atoms with E-state index in [4.69, 9.17) is 4.74 Å². The molecule has 1 fully saturated rings. The highest BCUT2D eigenvalue weighted by Gasteiger charge is 2.38. The minimum absolute atomic E-state index is 0.00338. The zero-order valence-corrected chi connectivity index (χ0v) is 13.6. The Balaban J connectivity index is 2.30. The van der Waals surface area contributed by atoms with Crippen molar-refractivity contribution in [2.24, 2.45) is 5.92 Å². The molecule has 0 bridgehead atoms. The van der Waals surface area contributed by atoms with Gasteiger partial charge < -0.3 is 10.1 Å². The van der Waals surface area contributed by atoms with Gasteiger partial charge in [-0.25, -0.2) is 13.4 Å². The average molecular weight is 313 g/mol. The maximum absolute atomic E-state index is 12.9. The fourth-order valence-electron chi connectivity index (χ4n) is 2.38. The summed E-state index contributed by atoms with van der Waals surface area (Å²) in [4.78, 5) is 4.34. The largest absolute Gasteiger partial charge is 0.383 e. The van der Waals surface area contributed by atoms with Crippen molar-refractivity contribution in [1.82, 2.24) is 9.29 Å². The van der Waals surface area contributed by atoms with E-state index in [2.05, 4.69) is 10.3 Å². The van der Waals surface area contributed by atoms with E-state index in [0.29, 0.717) is 24.9 Å². The van der Waals surface area contributed by atoms with Crippen molar-refractivity contribution in [2.45, 2.75) is 30.7 Å². The van der Waals surface area contributed by atoms with Gasteiger partial charge in [0.2, 0.25) is 10.0 Å². The van der Waals surface area contributed by atoms with Crippen LogP contribution in [0, 0.1) is 5.92 Å². The third-order valence-electron chi connectivity index (χ3n) is 3.87. The number of pyridine rings is 1. The normalized spacial score (nSPS) is 17.0. The van der Waals surface area contributed by atoms with E-state index < -0.39 is 10.0 Å². The van der Waals surface area contributed by atoms with Crippen molar-refractivity contribution in [2.75, 3.05) is 32.6 Å². The average Bonchev–Trinajstić information content (AvgIpc) is 3.32. The molecule has 2 rings (SSSR count). The van der Waals surface area contributed by atoms with Crippen LogP contribution in [0.2, 0.25) is 0 Å². The molecule has 0 aromatic carbocycles. The Morgan fingerprint density at radius 3 is 2.81 bits per heavy atom. The second kappa shape index (κ2) is 6.72. The van der Waals surface area contributed by atoms with E-state index >= 15 is 0 Å². The summed E-state index contributed by atoms with van der Waals surface area (Å²) in [5.41, 5.74) is 0. The van der Waals surface area contributed by atoms with E-state index in [0.717, 1.165) is 12.8 Å². The molecule has 21 heavy (non-hydrogen) atoms. The highest BCUT2D eigenvalue weighted by atomic mass is 32.2. The Hall–Kier alpha value is -1.18. The summed E-state index contributed by atoms with van der Waals surface area (Å²) in [5, 5.41) is 2.87. The molecule has 1 saturated carbocycles. The van der Waals surface area contributed by atoms with Crippen molar-refractivity contribution in [3.63, 3.8) is 0 Å². The van der Waals surface area contributed by atoms with Crippen LogP contribution in [0.3, 0.4) is 0 Å². The minimum Gasteiger partial charge on any atom is -0.383 e. The first-order chi connectivity index (χ1) is 10.0. The van der Waals surface area contributed by atoms with E-state index in [1.54, 1.807) is 24.5 Å². The Kier molecular flexibility index (Phi) is 5.18. The minimum atomic E-state index is -3.54. The van der Waals surface area contributed by atoms with Crippen molar-refractivity contribution in [1.29, 1.82) is 0 Å². The standard InChI is InChI=1S/C14H23N3O3S/c1-11(12-4-5-12)17(8-9-20-3)21(18,19)13-6-7-16-14(10-13)15-2/h6-7,10-12H,4-5,8-9H2,1-3H3,(H,15,16). The third kappa shape index (κ3) is 3.72. The molecule has 0 amide bonds. The maximum atomic E-state index is 12.9. The number of aromatic nitrogens is 1. The molecule has 0 aliphatic heterocycles. The summed E-state index contributed by atoms with van der Waals surface area (Å²) < 4.78 is 32.4. The summed E-state index contributed by atoms with van der Waals surface area (Å²) in [6.45, 7) is 2.74. The van der Waals surface area contributed by atoms with Crippen LogP contribution < -0.4 is 5.32 Å². The summed E-state index contributed by atoms with van der Waals surface area (Å²) in [6, 6.07) is 3.10. The molecule has 0 radical (unpaired) electrons. The molecule has 1 N–H and O–H groups in total. The van der Waals surface area contributed by atoms with Gasteiger partial charge in [-0.15, -0.1) is 0 Å². The van der Waals surface area contributed by atoms with E-state index in [1.807, 2.05) is 6.92 Å². The molecule has 1 unspecified atom stereocenters. The van der Waals surface area contributed by atoms with Crippen LogP contribution in [0.4, 0.5) is 5.82 Å². The number of rotatable bonds is 8. The highest BCUT2D eigenvalue weighted by molar-refractivity contribution is 7.89. The van der Waals surface area contributed by atoms with Gasteiger partial charge in [0.25, 0.3) is 0 Å². The van der Waals surface area contributed by atoms with Crippen LogP contribution in [0.15, 0.2) is 23.2 Å². The number of nitrogens with one attached hydrogen (secondary N) is 1. The van der Waals surface area contributed by atoms with Crippen molar-refractivity contribution >= 4 is 15.8 Å². The van der Waals surface area contributed by atoms with Crippen molar-refractivity contribution in [3.05, 3.63) is 18.3 Å². The predicted molar refractivity (Wildman–Crippen MR) is 81.7 cm³/mol. The first kappa shape index (κ1) is 16.2. The van der Waals surface area contributed by atoms with Crippen LogP contribution in [-0.4, -0.2) is 51.1 Å². The Labute approximate surface area is 126 Å². The van der Waals surface area contributed by atoms with E-state index in [9.17, 15) is 8.42 Å². The van der Waals surface area contributed by atoms with Crippen molar-refractivity contribution < 1.29 is 13.2 Å². The molecule has 1 aliphatic carbocycles. The molecular formula is C14H23N3O3S. The first-order valence-corrected chi connectivity index (χ1v) is 8.59. The zero-order valence-electron chi connectivity index (χ0n) is 12.7. The van der Waals surface area contributed by atoms with Crippen LogP contribution in [0.5, 0.6) is 0 Å². The SMILES string of the molecule is CNc1cc(S(=O)(=O)N(CCOC)C(C)C2CC2)ccn1. The molecule has 118 valence electrons. The number of nitrogens with zero attached hydrogens (tertiary/aromatic N) is 2. The molecule has 0 spiro atoms. The molecule has 1 aliphatic rings. The number of hydrogen-bond donors (Lipinski definition) is 1. The lowest BCUT2D eigenvalue weighted by Crippen LogP contribution is -2.41. The van der Waals surface area contributed by atoms with Crippen LogP contribution in [0.1, 0.15) is 19.8 Å². The number of hydrogen-bond acceptors (Lipinski definition) is 5. The van der Waals surface area contributed by atoms with Gasteiger partial charge in [-0.05, 0) is 31.7 Å². The second-order valence-electron chi connectivity index (χ2n) is 5.31. The van der Waals surface area contributed by atoms with Crippen LogP contribution in [-0.2, 0) is 14.8 Å². The van der Waals surface area contributed by atoms with Gasteiger partial charge in [0.1, 0.15) is 5.82 Å². The highest BCUT2D eigenvalue weighted by Crippen LogP contribution is 2.37. The second-order valence-corrected chi connectivity index (χ2v) is 7.20. The van der Waals surface area contributed by atoms with Gasteiger partial charge in [0.05, 0.1) is 11.5 Å². The van der Waals surface area contributed by atoms with Crippen molar-refractivity contribution in [3.8, 4) is 0 Å². The predicted octanol–water partition coefficient (Wildman–Crippen LogP) is 1.56. The molecule has 0 saturated heterocycles. The first-order valence-electron chi connectivity index (χ1n) is 7.15. The third-order valence-corrected chi connectivity index (χ3v) is 5.85. The smallest absolute Gasteiger partial charge is 0.243 e. The van der Waals surface area contributed by atoms with E-state index in [1.165, 1.54) is 12.3 Å².